The summed E-state index contributed by atoms with van der Waals surface area (Å²) in [5.74, 6) is -0.967. The lowest BCUT2D eigenvalue weighted by Crippen LogP contribution is -2.58. The Morgan fingerprint density at radius 2 is 1.50 bits per heavy atom. The molecule has 0 aromatic heterocycles. The molecule has 0 aromatic rings. The molecule has 7 heteroatoms. The van der Waals surface area contributed by atoms with Crippen LogP contribution in [-0.2, 0) is 0 Å². The van der Waals surface area contributed by atoms with Crippen LogP contribution in [0.4, 0.5) is 26.3 Å². The Morgan fingerprint density at radius 3 is 1.83 bits per heavy atom. The van der Waals surface area contributed by atoms with Crippen molar-refractivity contribution in [1.82, 2.24) is 0 Å². The van der Waals surface area contributed by atoms with Crippen LogP contribution in [0.3, 0.4) is 0 Å². The normalized spacial score (nSPS) is 32.3. The molecule has 0 aliphatic heterocycles. The van der Waals surface area contributed by atoms with Crippen molar-refractivity contribution in [2.75, 3.05) is 0 Å². The summed E-state index contributed by atoms with van der Waals surface area (Å²) in [6.07, 6.45) is -8.33. The SMILES string of the molecule is OC(C[C@H]1C[C@@H]2C=C[C@@H]1C2)(C(F)(F)F)C(F)(F)F. The third-order valence-electron chi connectivity index (χ3n) is 3.91. The summed E-state index contributed by atoms with van der Waals surface area (Å²) >= 11 is 0. The maximum atomic E-state index is 12.5. The zero-order chi connectivity index (χ0) is 13.8. The first-order chi connectivity index (χ1) is 8.04. The molecule has 104 valence electrons. The molecule has 1 saturated carbocycles. The van der Waals surface area contributed by atoms with E-state index in [9.17, 15) is 26.3 Å². The molecule has 3 atom stereocenters. The van der Waals surface area contributed by atoms with Gasteiger partial charge in [-0.15, -0.1) is 0 Å². The highest BCUT2D eigenvalue weighted by molar-refractivity contribution is 5.12. The van der Waals surface area contributed by atoms with Crippen LogP contribution in [0.2, 0.25) is 0 Å². The minimum absolute atomic E-state index is 0.0608. The van der Waals surface area contributed by atoms with E-state index in [0.717, 1.165) is 0 Å². The van der Waals surface area contributed by atoms with Gasteiger partial charge in [-0.2, -0.15) is 26.3 Å². The zero-order valence-corrected chi connectivity index (χ0v) is 9.22. The number of halogens is 6. The van der Waals surface area contributed by atoms with E-state index in [-0.39, 0.29) is 18.3 Å². The van der Waals surface area contributed by atoms with Gasteiger partial charge in [0.05, 0.1) is 0 Å². The van der Waals surface area contributed by atoms with E-state index in [0.29, 0.717) is 6.42 Å². The Hall–Kier alpha value is -0.720. The van der Waals surface area contributed by atoms with E-state index in [1.165, 1.54) is 0 Å². The lowest BCUT2D eigenvalue weighted by molar-refractivity contribution is -0.373. The molecular formula is C11H12F6O. The van der Waals surface area contributed by atoms with Crippen LogP contribution in [0.25, 0.3) is 0 Å². The Bertz CT molecular complexity index is 342. The number of fused-ring (bicyclic) bond motifs is 2. The van der Waals surface area contributed by atoms with Crippen molar-refractivity contribution in [3.63, 3.8) is 0 Å². The van der Waals surface area contributed by atoms with Gasteiger partial charge in [-0.1, -0.05) is 12.2 Å². The molecule has 1 N–H and O–H groups in total. The van der Waals surface area contributed by atoms with E-state index in [4.69, 9.17) is 5.11 Å². The van der Waals surface area contributed by atoms with Gasteiger partial charge in [0.25, 0.3) is 5.60 Å². The summed E-state index contributed by atoms with van der Waals surface area (Å²) in [4.78, 5) is 0. The minimum Gasteiger partial charge on any atom is -0.374 e. The molecule has 1 nitrogen and oxygen atoms in total. The maximum Gasteiger partial charge on any atom is 0.426 e. The molecule has 1 fully saturated rings. The van der Waals surface area contributed by atoms with E-state index in [1.54, 1.807) is 6.08 Å². The lowest BCUT2D eigenvalue weighted by Gasteiger charge is -2.35. The fourth-order valence-electron chi connectivity index (χ4n) is 2.90. The third kappa shape index (κ3) is 2.02. The molecule has 0 amide bonds. The second kappa shape index (κ2) is 3.88. The first-order valence-electron chi connectivity index (χ1n) is 5.59. The van der Waals surface area contributed by atoms with Crippen LogP contribution in [0.5, 0.6) is 0 Å². The quantitative estimate of drug-likeness (QED) is 0.604. The van der Waals surface area contributed by atoms with Crippen LogP contribution in [0.1, 0.15) is 19.3 Å². The van der Waals surface area contributed by atoms with Gasteiger partial charge in [-0.25, -0.2) is 0 Å². The van der Waals surface area contributed by atoms with Crippen molar-refractivity contribution < 1.29 is 31.4 Å². The first-order valence-corrected chi connectivity index (χ1v) is 5.59. The van der Waals surface area contributed by atoms with Crippen LogP contribution in [0, 0.1) is 17.8 Å². The first kappa shape index (κ1) is 13.7. The number of alkyl halides is 6. The molecule has 18 heavy (non-hydrogen) atoms. The molecule has 2 aliphatic carbocycles. The van der Waals surface area contributed by atoms with Crippen molar-refractivity contribution in [3.05, 3.63) is 12.2 Å². The summed E-state index contributed by atoms with van der Waals surface area (Å²) in [6.45, 7) is 0. The van der Waals surface area contributed by atoms with Crippen LogP contribution in [-0.4, -0.2) is 23.1 Å². The number of aliphatic hydroxyl groups is 1. The van der Waals surface area contributed by atoms with Gasteiger partial charge < -0.3 is 5.11 Å². The highest BCUT2D eigenvalue weighted by Crippen LogP contribution is 2.53. The number of hydrogen-bond donors (Lipinski definition) is 1. The predicted octanol–water partition coefficient (Wildman–Crippen LogP) is 3.44. The third-order valence-corrected chi connectivity index (χ3v) is 3.91. The standard InChI is InChI=1S/C11H12F6O/c12-10(13,14)9(18,11(15,16)17)5-8-4-6-1-2-7(8)3-6/h1-2,6-8,18H,3-5H2/t6-,7-,8-/m1/s1. The molecule has 0 radical (unpaired) electrons. The molecule has 0 aromatic carbocycles. The van der Waals surface area contributed by atoms with Crippen LogP contribution in [0.15, 0.2) is 12.2 Å². The minimum atomic E-state index is -5.70. The summed E-state index contributed by atoms with van der Waals surface area (Å²) in [5, 5.41) is 9.10. The van der Waals surface area contributed by atoms with E-state index >= 15 is 0 Å². The number of rotatable bonds is 2. The molecule has 0 spiro atoms. The van der Waals surface area contributed by atoms with E-state index in [2.05, 4.69) is 0 Å². The summed E-state index contributed by atoms with van der Waals surface area (Å²) in [7, 11) is 0. The second-order valence-electron chi connectivity index (χ2n) is 5.10. The Balaban J connectivity index is 2.19. The molecule has 0 heterocycles. The molecule has 0 unspecified atom stereocenters. The Morgan fingerprint density at radius 1 is 0.944 bits per heavy atom. The number of allylic oxidation sites excluding steroid dienone is 2. The fraction of sp³-hybridized carbons (Fsp3) is 0.818. The monoisotopic (exact) mass is 274 g/mol. The largest absolute Gasteiger partial charge is 0.426 e. The molecule has 2 bridgehead atoms. The average Bonchev–Trinajstić information content (AvgIpc) is 2.75. The molecular weight excluding hydrogens is 262 g/mol. The highest BCUT2D eigenvalue weighted by atomic mass is 19.4. The smallest absolute Gasteiger partial charge is 0.374 e. The van der Waals surface area contributed by atoms with Gasteiger partial charge >= 0.3 is 12.4 Å². The van der Waals surface area contributed by atoms with Gasteiger partial charge in [0, 0.05) is 0 Å². The predicted molar refractivity (Wildman–Crippen MR) is 50.5 cm³/mol. The highest BCUT2D eigenvalue weighted by Gasteiger charge is 2.71. The molecule has 0 saturated heterocycles. The summed E-state index contributed by atoms with van der Waals surface area (Å²) in [6, 6.07) is 0. The molecule has 2 rings (SSSR count). The second-order valence-corrected chi connectivity index (χ2v) is 5.10. The zero-order valence-electron chi connectivity index (χ0n) is 9.22. The van der Waals surface area contributed by atoms with Crippen molar-refractivity contribution in [1.29, 1.82) is 0 Å². The van der Waals surface area contributed by atoms with Gasteiger partial charge in [-0.3, -0.25) is 0 Å². The molecule has 2 aliphatic rings. The van der Waals surface area contributed by atoms with E-state index < -0.39 is 30.3 Å². The number of hydrogen-bond acceptors (Lipinski definition) is 1. The maximum absolute atomic E-state index is 12.5. The fourth-order valence-corrected chi connectivity index (χ4v) is 2.90. The Kier molecular flexibility index (Phi) is 2.96. The van der Waals surface area contributed by atoms with Crippen molar-refractivity contribution in [2.24, 2.45) is 17.8 Å². The van der Waals surface area contributed by atoms with Gasteiger partial charge in [0.15, 0.2) is 0 Å². The van der Waals surface area contributed by atoms with E-state index in [1.807, 2.05) is 6.08 Å². The van der Waals surface area contributed by atoms with Gasteiger partial charge in [0.2, 0.25) is 0 Å². The van der Waals surface area contributed by atoms with Crippen LogP contribution >= 0.6 is 0 Å². The Labute approximate surface area is 99.5 Å². The van der Waals surface area contributed by atoms with Crippen molar-refractivity contribution in [2.45, 2.75) is 37.2 Å². The lowest BCUT2D eigenvalue weighted by atomic mass is 9.82. The topological polar surface area (TPSA) is 20.2 Å². The van der Waals surface area contributed by atoms with Gasteiger partial charge in [-0.05, 0) is 37.0 Å². The van der Waals surface area contributed by atoms with Crippen molar-refractivity contribution in [3.8, 4) is 0 Å². The van der Waals surface area contributed by atoms with Gasteiger partial charge in [0.1, 0.15) is 0 Å². The average molecular weight is 274 g/mol. The van der Waals surface area contributed by atoms with Crippen LogP contribution < -0.4 is 0 Å². The summed E-state index contributed by atoms with van der Waals surface area (Å²) < 4.78 is 75.0. The summed E-state index contributed by atoms with van der Waals surface area (Å²) in [5.41, 5.74) is -4.59. The van der Waals surface area contributed by atoms with Crippen molar-refractivity contribution >= 4 is 0 Å².